The maximum Gasteiger partial charge on any atom is 0.244 e. The van der Waals surface area contributed by atoms with Crippen molar-refractivity contribution in [1.82, 2.24) is 0 Å². The van der Waals surface area contributed by atoms with Gasteiger partial charge >= 0.3 is 0 Å². The van der Waals surface area contributed by atoms with E-state index < -0.39 is 26.9 Å². The quantitative estimate of drug-likeness (QED) is 0.416. The third-order valence-electron chi connectivity index (χ3n) is 6.64. The van der Waals surface area contributed by atoms with Crippen LogP contribution in [0.25, 0.3) is 0 Å². The van der Waals surface area contributed by atoms with Crippen LogP contribution in [0.1, 0.15) is 42.6 Å². The van der Waals surface area contributed by atoms with E-state index in [4.69, 9.17) is 9.47 Å². The van der Waals surface area contributed by atoms with Crippen LogP contribution in [0, 0.1) is 0 Å². The number of sulfone groups is 1. The number of nitrogens with zero attached hydrogens (tertiary/aromatic N) is 1. The third-order valence-corrected chi connectivity index (χ3v) is 8.78. The zero-order chi connectivity index (χ0) is 27.3. The van der Waals surface area contributed by atoms with Crippen molar-refractivity contribution in [1.29, 1.82) is 0 Å². The fraction of sp³-hybridized carbons (Fsp3) is 0.310. The zero-order valence-electron chi connectivity index (χ0n) is 21.8. The second-order valence-electron chi connectivity index (χ2n) is 9.15. The van der Waals surface area contributed by atoms with Crippen LogP contribution in [0.3, 0.4) is 0 Å². The monoisotopic (exact) mass is 536 g/mol. The van der Waals surface area contributed by atoms with Crippen molar-refractivity contribution in [3.05, 3.63) is 77.9 Å². The summed E-state index contributed by atoms with van der Waals surface area (Å²) < 4.78 is 38.2. The van der Waals surface area contributed by atoms with Crippen LogP contribution in [0.4, 0.5) is 11.4 Å². The number of nitrogens with one attached hydrogen (secondary N) is 1. The molecule has 9 heteroatoms. The molecule has 2 amide bonds. The lowest BCUT2D eigenvalue weighted by atomic mass is 10.1. The highest BCUT2D eigenvalue weighted by molar-refractivity contribution is 7.92. The number of amides is 2. The molecule has 1 aliphatic heterocycles. The molecule has 1 heterocycles. The Labute approximate surface area is 223 Å². The molecule has 1 atom stereocenters. The van der Waals surface area contributed by atoms with Gasteiger partial charge in [0.2, 0.25) is 11.8 Å². The lowest BCUT2D eigenvalue weighted by Gasteiger charge is -2.22. The van der Waals surface area contributed by atoms with Gasteiger partial charge in [0.1, 0.15) is 6.54 Å². The van der Waals surface area contributed by atoms with Crippen LogP contribution in [-0.4, -0.2) is 41.0 Å². The molecule has 200 valence electrons. The number of fused-ring (bicyclic) bond motifs is 1. The summed E-state index contributed by atoms with van der Waals surface area (Å²) in [6.07, 6.45) is 2.84. The minimum absolute atomic E-state index is 0.00119. The first-order chi connectivity index (χ1) is 18.3. The highest BCUT2D eigenvalue weighted by atomic mass is 32.2. The Morgan fingerprint density at radius 2 is 1.71 bits per heavy atom. The van der Waals surface area contributed by atoms with Crippen molar-refractivity contribution >= 4 is 33.0 Å². The number of carbonyl (C=O) groups excluding carboxylic acids is 2. The van der Waals surface area contributed by atoms with Crippen molar-refractivity contribution in [3.63, 3.8) is 0 Å². The normalized spacial score (nSPS) is 16.3. The first-order valence-corrected chi connectivity index (χ1v) is 14.1. The molecule has 0 radical (unpaired) electrons. The van der Waals surface area contributed by atoms with Gasteiger partial charge in [0, 0.05) is 12.1 Å². The van der Waals surface area contributed by atoms with E-state index in [2.05, 4.69) is 12.2 Å². The predicted molar refractivity (Wildman–Crippen MR) is 147 cm³/mol. The molecule has 0 saturated carbocycles. The third kappa shape index (κ3) is 5.67. The molecule has 1 unspecified atom stereocenters. The molecule has 3 aromatic rings. The van der Waals surface area contributed by atoms with Gasteiger partial charge < -0.3 is 19.7 Å². The number of benzene rings is 3. The Bertz CT molecular complexity index is 1420. The van der Waals surface area contributed by atoms with Crippen molar-refractivity contribution in [2.75, 3.05) is 31.0 Å². The van der Waals surface area contributed by atoms with Gasteiger partial charge in [0.05, 0.1) is 30.1 Å². The smallest absolute Gasteiger partial charge is 0.244 e. The number of aryl methyl sites for hydroxylation is 1. The predicted octanol–water partition coefficient (Wildman–Crippen LogP) is 4.94. The van der Waals surface area contributed by atoms with Crippen LogP contribution in [0.2, 0.25) is 0 Å². The minimum atomic E-state index is -3.98. The standard InChI is InChI=1S/C29H32N2O6S/c1-4-5-8-20-11-14-22(15-12-20)30-28(32)19-31-23-9-6-7-10-26(23)38(34,35)27(18-29(31)33)21-13-16-24(36-2)25(17-21)37-3/h6-7,9-17,27H,4-5,8,18-19H2,1-3H3,(H,30,32). The maximum atomic E-state index is 13.8. The van der Waals surface area contributed by atoms with E-state index >= 15 is 0 Å². The van der Waals surface area contributed by atoms with Gasteiger partial charge in [-0.05, 0) is 60.4 Å². The summed E-state index contributed by atoms with van der Waals surface area (Å²) in [5, 5.41) is 1.67. The lowest BCUT2D eigenvalue weighted by Crippen LogP contribution is -2.38. The van der Waals surface area contributed by atoms with Gasteiger partial charge in [-0.1, -0.05) is 43.7 Å². The van der Waals surface area contributed by atoms with Gasteiger partial charge in [-0.15, -0.1) is 0 Å². The first-order valence-electron chi connectivity index (χ1n) is 12.5. The fourth-order valence-corrected chi connectivity index (χ4v) is 6.50. The van der Waals surface area contributed by atoms with Crippen LogP contribution in [-0.2, 0) is 25.8 Å². The Balaban J connectivity index is 1.62. The molecule has 3 aromatic carbocycles. The molecule has 1 aliphatic rings. The molecule has 8 nitrogen and oxygen atoms in total. The molecular weight excluding hydrogens is 504 g/mol. The summed E-state index contributed by atoms with van der Waals surface area (Å²) in [6, 6.07) is 18.7. The average molecular weight is 537 g/mol. The molecular formula is C29H32N2O6S. The number of para-hydroxylation sites is 1. The summed E-state index contributed by atoms with van der Waals surface area (Å²) in [7, 11) is -1.03. The van der Waals surface area contributed by atoms with Crippen molar-refractivity contribution in [3.8, 4) is 11.5 Å². The van der Waals surface area contributed by atoms with Crippen LogP contribution in [0.15, 0.2) is 71.6 Å². The van der Waals surface area contributed by atoms with Gasteiger partial charge in [-0.3, -0.25) is 9.59 Å². The Hall–Kier alpha value is -3.85. The second-order valence-corrected chi connectivity index (χ2v) is 11.2. The van der Waals surface area contributed by atoms with Crippen molar-refractivity contribution in [2.45, 2.75) is 42.8 Å². The number of hydrogen-bond donors (Lipinski definition) is 1. The number of ether oxygens (including phenoxy) is 2. The van der Waals surface area contributed by atoms with Gasteiger partial charge in [0.25, 0.3) is 0 Å². The molecule has 4 rings (SSSR count). The molecule has 0 saturated heterocycles. The second kappa shape index (κ2) is 11.7. The molecule has 0 bridgehead atoms. The largest absolute Gasteiger partial charge is 0.493 e. The Morgan fingerprint density at radius 3 is 2.39 bits per heavy atom. The van der Waals surface area contributed by atoms with Crippen LogP contribution < -0.4 is 19.7 Å². The molecule has 1 N–H and O–H groups in total. The molecule has 0 fully saturated rings. The lowest BCUT2D eigenvalue weighted by molar-refractivity contribution is -0.121. The minimum Gasteiger partial charge on any atom is -0.493 e. The molecule has 0 aliphatic carbocycles. The topological polar surface area (TPSA) is 102 Å². The molecule has 38 heavy (non-hydrogen) atoms. The highest BCUT2D eigenvalue weighted by Gasteiger charge is 2.40. The van der Waals surface area contributed by atoms with E-state index in [1.807, 2.05) is 24.3 Å². The zero-order valence-corrected chi connectivity index (χ0v) is 22.6. The Morgan fingerprint density at radius 1 is 1.00 bits per heavy atom. The van der Waals surface area contributed by atoms with Gasteiger partial charge in [0.15, 0.2) is 21.3 Å². The fourth-order valence-electron chi connectivity index (χ4n) is 4.59. The van der Waals surface area contributed by atoms with Gasteiger partial charge in [-0.25, -0.2) is 8.42 Å². The van der Waals surface area contributed by atoms with E-state index in [-0.39, 0.29) is 23.5 Å². The van der Waals surface area contributed by atoms with E-state index in [0.29, 0.717) is 22.7 Å². The van der Waals surface area contributed by atoms with Crippen molar-refractivity contribution in [2.24, 2.45) is 0 Å². The highest BCUT2D eigenvalue weighted by Crippen LogP contribution is 2.42. The maximum absolute atomic E-state index is 13.8. The Kier molecular flexibility index (Phi) is 8.36. The first kappa shape index (κ1) is 27.2. The van der Waals surface area contributed by atoms with E-state index in [1.54, 1.807) is 36.4 Å². The summed E-state index contributed by atoms with van der Waals surface area (Å²) in [6.45, 7) is 1.82. The molecule has 0 aromatic heterocycles. The summed E-state index contributed by atoms with van der Waals surface area (Å²) in [5.41, 5.74) is 2.39. The summed E-state index contributed by atoms with van der Waals surface area (Å²) >= 11 is 0. The number of anilines is 2. The number of methoxy groups -OCH3 is 2. The van der Waals surface area contributed by atoms with Crippen LogP contribution >= 0.6 is 0 Å². The number of rotatable bonds is 9. The van der Waals surface area contributed by atoms with Gasteiger partial charge in [-0.2, -0.15) is 0 Å². The van der Waals surface area contributed by atoms with E-state index in [9.17, 15) is 18.0 Å². The van der Waals surface area contributed by atoms with Crippen molar-refractivity contribution < 1.29 is 27.5 Å². The number of unbranched alkanes of at least 4 members (excludes halogenated alkanes) is 1. The van der Waals surface area contributed by atoms with E-state index in [0.717, 1.165) is 19.3 Å². The van der Waals surface area contributed by atoms with E-state index in [1.165, 1.54) is 30.7 Å². The number of carbonyl (C=O) groups is 2. The van der Waals surface area contributed by atoms with Crippen LogP contribution in [0.5, 0.6) is 11.5 Å². The SMILES string of the molecule is CCCCc1ccc(NC(=O)CN2C(=O)CC(c3ccc(OC)c(OC)c3)S(=O)(=O)c3ccccc32)cc1. The molecule has 0 spiro atoms. The summed E-state index contributed by atoms with van der Waals surface area (Å²) in [5.74, 6) is -0.0763. The average Bonchev–Trinajstić information content (AvgIpc) is 3.01. The summed E-state index contributed by atoms with van der Waals surface area (Å²) in [4.78, 5) is 27.7. The number of hydrogen-bond acceptors (Lipinski definition) is 6.